The van der Waals surface area contributed by atoms with Gasteiger partial charge in [0, 0.05) is 19.2 Å². The number of piperidine rings is 1. The van der Waals surface area contributed by atoms with Crippen LogP contribution in [-0.2, 0) is 6.54 Å². The maximum atomic E-state index is 14.2. The highest BCUT2D eigenvalue weighted by Crippen LogP contribution is 2.28. The summed E-state index contributed by atoms with van der Waals surface area (Å²) in [6, 6.07) is 4.60. The standard InChI is InChI=1S/C18H23FN2O3/c1-12-16(10-21-8-4-7-18(2,22)11-21)20-17(24-12)14-6-5-13(23-3)9-15(14)19/h5-6,9,22H,4,7-8,10-11H2,1-3H3/t18-/m0/s1. The van der Waals surface area contributed by atoms with Crippen molar-refractivity contribution in [3.8, 4) is 17.2 Å². The Bertz CT molecular complexity index is 727. The maximum Gasteiger partial charge on any atom is 0.229 e. The highest BCUT2D eigenvalue weighted by molar-refractivity contribution is 5.56. The normalized spacial score (nSPS) is 21.9. The van der Waals surface area contributed by atoms with Gasteiger partial charge in [0.15, 0.2) is 0 Å². The van der Waals surface area contributed by atoms with E-state index in [2.05, 4.69) is 9.88 Å². The van der Waals surface area contributed by atoms with Gasteiger partial charge in [-0.1, -0.05) is 0 Å². The van der Waals surface area contributed by atoms with Crippen LogP contribution >= 0.6 is 0 Å². The summed E-state index contributed by atoms with van der Waals surface area (Å²) in [4.78, 5) is 6.62. The second-order valence-electron chi connectivity index (χ2n) is 6.68. The van der Waals surface area contributed by atoms with Crippen LogP contribution in [-0.4, -0.2) is 40.8 Å². The Kier molecular flexibility index (Phi) is 4.60. The molecule has 6 heteroatoms. The van der Waals surface area contributed by atoms with Crippen LogP contribution < -0.4 is 4.74 Å². The predicted molar refractivity (Wildman–Crippen MR) is 88.3 cm³/mol. The topological polar surface area (TPSA) is 58.7 Å². The summed E-state index contributed by atoms with van der Waals surface area (Å²) in [6.45, 7) is 5.78. The van der Waals surface area contributed by atoms with E-state index < -0.39 is 11.4 Å². The zero-order valence-electron chi connectivity index (χ0n) is 14.3. The van der Waals surface area contributed by atoms with Crippen molar-refractivity contribution in [2.75, 3.05) is 20.2 Å². The fourth-order valence-electron chi connectivity index (χ4n) is 3.16. The summed E-state index contributed by atoms with van der Waals surface area (Å²) in [5.41, 5.74) is 0.426. The molecule has 3 rings (SSSR count). The molecule has 0 radical (unpaired) electrons. The van der Waals surface area contributed by atoms with Crippen LogP contribution in [0.25, 0.3) is 11.5 Å². The molecule has 2 heterocycles. The molecule has 1 fully saturated rings. The third kappa shape index (κ3) is 3.60. The van der Waals surface area contributed by atoms with Crippen molar-refractivity contribution in [1.29, 1.82) is 0 Å². The number of halogens is 1. The smallest absolute Gasteiger partial charge is 0.229 e. The van der Waals surface area contributed by atoms with Crippen LogP contribution in [0.2, 0.25) is 0 Å². The predicted octanol–water partition coefficient (Wildman–Crippen LogP) is 3.14. The van der Waals surface area contributed by atoms with E-state index in [0.29, 0.717) is 30.2 Å². The highest BCUT2D eigenvalue weighted by Gasteiger charge is 2.29. The molecule has 1 saturated heterocycles. The minimum atomic E-state index is -0.666. The van der Waals surface area contributed by atoms with E-state index in [9.17, 15) is 9.50 Å². The number of ether oxygens (including phenoxy) is 1. The highest BCUT2D eigenvalue weighted by atomic mass is 19.1. The fraction of sp³-hybridized carbons (Fsp3) is 0.500. The van der Waals surface area contributed by atoms with Crippen molar-refractivity contribution in [3.63, 3.8) is 0 Å². The number of nitrogens with zero attached hydrogens (tertiary/aromatic N) is 2. The number of likely N-dealkylation sites (tertiary alicyclic amines) is 1. The van der Waals surface area contributed by atoms with Gasteiger partial charge in [-0.15, -0.1) is 0 Å². The van der Waals surface area contributed by atoms with Gasteiger partial charge in [0.1, 0.15) is 17.3 Å². The Balaban J connectivity index is 1.80. The molecule has 2 aromatic rings. The van der Waals surface area contributed by atoms with E-state index in [4.69, 9.17) is 9.15 Å². The summed E-state index contributed by atoms with van der Waals surface area (Å²) in [7, 11) is 1.50. The quantitative estimate of drug-likeness (QED) is 0.931. The van der Waals surface area contributed by atoms with Gasteiger partial charge in [-0.2, -0.15) is 0 Å². The number of hydrogen-bond donors (Lipinski definition) is 1. The van der Waals surface area contributed by atoms with Crippen LogP contribution in [0.3, 0.4) is 0 Å². The van der Waals surface area contributed by atoms with Gasteiger partial charge in [-0.25, -0.2) is 9.37 Å². The molecular weight excluding hydrogens is 311 g/mol. The largest absolute Gasteiger partial charge is 0.497 e. The number of aromatic nitrogens is 1. The van der Waals surface area contributed by atoms with Crippen LogP contribution in [0.4, 0.5) is 4.39 Å². The van der Waals surface area contributed by atoms with E-state index >= 15 is 0 Å². The van der Waals surface area contributed by atoms with Gasteiger partial charge < -0.3 is 14.3 Å². The lowest BCUT2D eigenvalue weighted by molar-refractivity contribution is -0.0185. The van der Waals surface area contributed by atoms with Gasteiger partial charge in [-0.05, 0) is 45.4 Å². The lowest BCUT2D eigenvalue weighted by Crippen LogP contribution is -2.45. The molecule has 1 aromatic heterocycles. The SMILES string of the molecule is COc1ccc(-c2nc(CN3CCC[C@](C)(O)C3)c(C)o2)c(F)c1. The number of benzene rings is 1. The number of hydrogen-bond acceptors (Lipinski definition) is 5. The summed E-state index contributed by atoms with van der Waals surface area (Å²) in [6.07, 6.45) is 1.76. The first-order valence-electron chi connectivity index (χ1n) is 8.13. The van der Waals surface area contributed by atoms with E-state index in [1.807, 2.05) is 13.8 Å². The van der Waals surface area contributed by atoms with Crippen molar-refractivity contribution < 1.29 is 18.7 Å². The average molecular weight is 334 g/mol. The first-order valence-corrected chi connectivity index (χ1v) is 8.13. The number of rotatable bonds is 4. The maximum absolute atomic E-state index is 14.2. The van der Waals surface area contributed by atoms with Crippen LogP contribution in [0.1, 0.15) is 31.2 Å². The van der Waals surface area contributed by atoms with Gasteiger partial charge in [0.25, 0.3) is 0 Å². The molecule has 0 bridgehead atoms. The molecule has 1 aromatic carbocycles. The lowest BCUT2D eigenvalue weighted by Gasteiger charge is -2.36. The molecule has 1 aliphatic heterocycles. The van der Waals surface area contributed by atoms with E-state index in [1.54, 1.807) is 12.1 Å². The molecule has 5 nitrogen and oxygen atoms in total. The first-order chi connectivity index (χ1) is 11.4. The van der Waals surface area contributed by atoms with Gasteiger partial charge in [-0.3, -0.25) is 4.90 Å². The Labute approximate surface area is 141 Å². The summed E-state index contributed by atoms with van der Waals surface area (Å²) < 4.78 is 24.9. The molecule has 1 N–H and O–H groups in total. The van der Waals surface area contributed by atoms with Crippen molar-refractivity contribution in [2.45, 2.75) is 38.8 Å². The molecule has 24 heavy (non-hydrogen) atoms. The summed E-state index contributed by atoms with van der Waals surface area (Å²) in [5.74, 6) is 0.968. The zero-order valence-corrected chi connectivity index (χ0v) is 14.3. The lowest BCUT2D eigenvalue weighted by atomic mass is 9.95. The zero-order chi connectivity index (χ0) is 17.3. The first kappa shape index (κ1) is 16.9. The number of methoxy groups -OCH3 is 1. The monoisotopic (exact) mass is 334 g/mol. The van der Waals surface area contributed by atoms with Crippen LogP contribution in [0.15, 0.2) is 22.6 Å². The molecule has 130 valence electrons. The average Bonchev–Trinajstić information content (AvgIpc) is 2.86. The molecular formula is C18H23FN2O3. The molecule has 0 amide bonds. The van der Waals surface area contributed by atoms with E-state index in [-0.39, 0.29) is 5.89 Å². The molecule has 0 saturated carbocycles. The Morgan fingerprint density at radius 2 is 2.25 bits per heavy atom. The molecule has 0 unspecified atom stereocenters. The minimum Gasteiger partial charge on any atom is -0.497 e. The van der Waals surface area contributed by atoms with Crippen molar-refractivity contribution >= 4 is 0 Å². The summed E-state index contributed by atoms with van der Waals surface area (Å²) >= 11 is 0. The second-order valence-corrected chi connectivity index (χ2v) is 6.68. The Hall–Kier alpha value is -1.92. The van der Waals surface area contributed by atoms with E-state index in [1.165, 1.54) is 13.2 Å². The Morgan fingerprint density at radius 3 is 2.92 bits per heavy atom. The van der Waals surface area contributed by atoms with Gasteiger partial charge in [0.05, 0.1) is 24.0 Å². The van der Waals surface area contributed by atoms with Gasteiger partial charge >= 0.3 is 0 Å². The number of β-amino-alcohol motifs (C(OH)–C–C–N with tert-alkyl or cyclic N) is 1. The fourth-order valence-corrected chi connectivity index (χ4v) is 3.16. The molecule has 0 spiro atoms. The van der Waals surface area contributed by atoms with Crippen LogP contribution in [0, 0.1) is 12.7 Å². The minimum absolute atomic E-state index is 0.270. The third-order valence-corrected chi connectivity index (χ3v) is 4.43. The number of aliphatic hydroxyl groups is 1. The Morgan fingerprint density at radius 1 is 1.46 bits per heavy atom. The summed E-state index contributed by atoms with van der Waals surface area (Å²) in [5, 5.41) is 10.2. The van der Waals surface area contributed by atoms with E-state index in [0.717, 1.165) is 25.1 Å². The number of oxazole rings is 1. The molecule has 0 aliphatic carbocycles. The van der Waals surface area contributed by atoms with Crippen molar-refractivity contribution in [3.05, 3.63) is 35.5 Å². The molecule has 1 aliphatic rings. The molecule has 1 atom stereocenters. The third-order valence-electron chi connectivity index (χ3n) is 4.43. The van der Waals surface area contributed by atoms with Crippen molar-refractivity contribution in [1.82, 2.24) is 9.88 Å². The number of aryl methyl sites for hydroxylation is 1. The van der Waals surface area contributed by atoms with Gasteiger partial charge in [0.2, 0.25) is 5.89 Å². The van der Waals surface area contributed by atoms with Crippen molar-refractivity contribution in [2.24, 2.45) is 0 Å². The van der Waals surface area contributed by atoms with Crippen LogP contribution in [0.5, 0.6) is 5.75 Å². The second kappa shape index (κ2) is 6.53.